The van der Waals surface area contributed by atoms with Crippen LogP contribution in [0.15, 0.2) is 60.7 Å². The maximum absolute atomic E-state index is 12.0. The molecule has 1 unspecified atom stereocenters. The number of methoxy groups -OCH3 is 2. The van der Waals surface area contributed by atoms with Crippen molar-refractivity contribution in [2.45, 2.75) is 73.6 Å². The fraction of sp³-hybridized carbons (Fsp3) is 0.641. The predicted octanol–water partition coefficient (Wildman–Crippen LogP) is 7.92. The molecule has 0 heterocycles. The third kappa shape index (κ3) is 21.7. The number of likely N-dealkylation sites (N-methyl/N-ethyl adjacent to an activating group) is 2. The van der Waals surface area contributed by atoms with Gasteiger partial charge in [-0.3, -0.25) is 0 Å². The molecule has 0 spiro atoms. The van der Waals surface area contributed by atoms with E-state index in [0.717, 1.165) is 48.2 Å². The van der Waals surface area contributed by atoms with Crippen molar-refractivity contribution in [3.05, 3.63) is 71.8 Å². The molecule has 0 N–H and O–H groups in total. The summed E-state index contributed by atoms with van der Waals surface area (Å²) in [7, 11) is 6.50. The molecule has 8 heteroatoms. The second-order valence-electron chi connectivity index (χ2n) is 11.8. The summed E-state index contributed by atoms with van der Waals surface area (Å²) in [5.74, 6) is -0.426. The molecule has 0 aromatic heterocycles. The summed E-state index contributed by atoms with van der Waals surface area (Å²) in [4.78, 5) is 23.9. The number of ether oxygens (including phenoxy) is 4. The first-order valence-corrected chi connectivity index (χ1v) is 17.6. The first-order chi connectivity index (χ1) is 22.7. The van der Waals surface area contributed by atoms with Crippen molar-refractivity contribution < 1.29 is 37.5 Å². The average molecular weight is 663 g/mol. The zero-order valence-electron chi connectivity index (χ0n) is 31.7. The third-order valence-electron chi connectivity index (χ3n) is 8.04. The van der Waals surface area contributed by atoms with Crippen molar-refractivity contribution in [1.82, 2.24) is 0 Å². The standard InChI is InChI=1S/C18H30NO2.C17H28NO2.2C2H6O/c1-4-7-14-19(6-3,13-5-2)15-16-21-18(20)17-11-9-8-10-12-17;1-4-12-18(6-3,13-5-2)14-15-20-17(19)16-10-8-7-9-11-16;2*1-3-2/h8-12H,4-7,13-16H2,1-3H3;7-11H,4-6,12-15H2,1-3H3;2*1-2H3/q2*+1;;. The lowest BCUT2D eigenvalue weighted by atomic mass is 10.2. The second kappa shape index (κ2) is 30.5. The normalized spacial score (nSPS) is 11.7. The summed E-state index contributed by atoms with van der Waals surface area (Å²) in [6.07, 6.45) is 5.96. The highest BCUT2D eigenvalue weighted by molar-refractivity contribution is 5.89. The molecule has 0 bridgehead atoms. The molecule has 0 saturated carbocycles. The van der Waals surface area contributed by atoms with E-state index in [9.17, 15) is 9.59 Å². The van der Waals surface area contributed by atoms with E-state index in [2.05, 4.69) is 51.0 Å². The van der Waals surface area contributed by atoms with Crippen LogP contribution in [0.4, 0.5) is 0 Å². The van der Waals surface area contributed by atoms with Crippen LogP contribution in [0.25, 0.3) is 0 Å². The molecule has 2 aromatic carbocycles. The summed E-state index contributed by atoms with van der Waals surface area (Å²) in [5, 5.41) is 0. The van der Waals surface area contributed by atoms with Gasteiger partial charge in [0, 0.05) is 28.4 Å². The van der Waals surface area contributed by atoms with E-state index in [4.69, 9.17) is 9.47 Å². The van der Waals surface area contributed by atoms with Crippen molar-refractivity contribution in [2.24, 2.45) is 0 Å². The van der Waals surface area contributed by atoms with Gasteiger partial charge in [-0.25, -0.2) is 9.59 Å². The zero-order chi connectivity index (χ0) is 35.8. The molecule has 0 amide bonds. The lowest BCUT2D eigenvalue weighted by molar-refractivity contribution is -0.926. The lowest BCUT2D eigenvalue weighted by Gasteiger charge is -2.37. The highest BCUT2D eigenvalue weighted by Crippen LogP contribution is 2.12. The van der Waals surface area contributed by atoms with Crippen LogP contribution in [-0.4, -0.2) is 115 Å². The number of quaternary nitrogens is 2. The fourth-order valence-corrected chi connectivity index (χ4v) is 5.52. The molecule has 0 aliphatic rings. The van der Waals surface area contributed by atoms with Crippen LogP contribution in [-0.2, 0) is 18.9 Å². The van der Waals surface area contributed by atoms with Crippen molar-refractivity contribution in [3.8, 4) is 0 Å². The van der Waals surface area contributed by atoms with Gasteiger partial charge in [0.15, 0.2) is 0 Å². The Balaban J connectivity index is 0. The largest absolute Gasteiger partial charge is 0.456 e. The van der Waals surface area contributed by atoms with Gasteiger partial charge in [0.25, 0.3) is 0 Å². The minimum atomic E-state index is -0.215. The van der Waals surface area contributed by atoms with Crippen molar-refractivity contribution in [3.63, 3.8) is 0 Å². The van der Waals surface area contributed by atoms with Gasteiger partial charge in [-0.1, -0.05) is 70.5 Å². The molecule has 0 radical (unpaired) electrons. The van der Waals surface area contributed by atoms with Gasteiger partial charge < -0.3 is 27.9 Å². The van der Waals surface area contributed by atoms with Gasteiger partial charge in [0.1, 0.15) is 26.3 Å². The number of rotatable bonds is 19. The summed E-state index contributed by atoms with van der Waals surface area (Å²) in [6.45, 7) is 23.1. The van der Waals surface area contributed by atoms with Crippen LogP contribution >= 0.6 is 0 Å². The Morgan fingerprint density at radius 1 is 0.489 bits per heavy atom. The average Bonchev–Trinajstić information content (AvgIpc) is 3.09. The number of hydrogen-bond acceptors (Lipinski definition) is 6. The zero-order valence-corrected chi connectivity index (χ0v) is 31.7. The van der Waals surface area contributed by atoms with Crippen LogP contribution in [0, 0.1) is 0 Å². The van der Waals surface area contributed by atoms with Gasteiger partial charge >= 0.3 is 11.9 Å². The smallest absolute Gasteiger partial charge is 0.338 e. The monoisotopic (exact) mass is 663 g/mol. The summed E-state index contributed by atoms with van der Waals surface area (Å²) in [6, 6.07) is 18.4. The maximum Gasteiger partial charge on any atom is 0.338 e. The van der Waals surface area contributed by atoms with Crippen LogP contribution in [0.1, 0.15) is 94.4 Å². The molecule has 0 aliphatic carbocycles. The number of hydrogen-bond donors (Lipinski definition) is 0. The molecule has 0 saturated heterocycles. The molecule has 270 valence electrons. The number of esters is 2. The molecular weight excluding hydrogens is 592 g/mol. The van der Waals surface area contributed by atoms with Gasteiger partial charge in [0.2, 0.25) is 0 Å². The predicted molar refractivity (Wildman–Crippen MR) is 196 cm³/mol. The summed E-state index contributed by atoms with van der Waals surface area (Å²) >= 11 is 0. The van der Waals surface area contributed by atoms with E-state index < -0.39 is 0 Å². The van der Waals surface area contributed by atoms with Crippen molar-refractivity contribution in [2.75, 3.05) is 94.0 Å². The Morgan fingerprint density at radius 2 is 0.809 bits per heavy atom. The number of carbonyl (C=O) groups excluding carboxylic acids is 2. The third-order valence-corrected chi connectivity index (χ3v) is 8.04. The number of nitrogens with zero attached hydrogens (tertiary/aromatic N) is 2. The molecule has 2 rings (SSSR count). The van der Waals surface area contributed by atoms with Crippen LogP contribution in [0.2, 0.25) is 0 Å². The highest BCUT2D eigenvalue weighted by Gasteiger charge is 2.25. The quantitative estimate of drug-likeness (QED) is 0.112. The SMILES string of the molecule is CCCC[N+](CC)(CCC)CCOC(=O)c1ccccc1.CCC[N+](CC)(CCC)CCOC(=O)c1ccccc1.COC.COC. The Kier molecular flexibility index (Phi) is 30.1. The molecule has 1 atom stereocenters. The molecule has 2 aromatic rings. The van der Waals surface area contributed by atoms with E-state index in [1.165, 1.54) is 45.2 Å². The second-order valence-corrected chi connectivity index (χ2v) is 11.8. The summed E-state index contributed by atoms with van der Waals surface area (Å²) in [5.41, 5.74) is 1.27. The van der Waals surface area contributed by atoms with Crippen LogP contribution in [0.5, 0.6) is 0 Å². The van der Waals surface area contributed by atoms with E-state index in [-0.39, 0.29) is 11.9 Å². The minimum absolute atomic E-state index is 0.211. The van der Waals surface area contributed by atoms with Crippen LogP contribution in [0.3, 0.4) is 0 Å². The molecule has 0 aliphatic heterocycles. The first-order valence-electron chi connectivity index (χ1n) is 17.6. The summed E-state index contributed by atoms with van der Waals surface area (Å²) < 4.78 is 21.5. The van der Waals surface area contributed by atoms with Gasteiger partial charge in [-0.05, 0) is 63.8 Å². The van der Waals surface area contributed by atoms with Crippen LogP contribution < -0.4 is 0 Å². The van der Waals surface area contributed by atoms with E-state index in [1.54, 1.807) is 52.7 Å². The van der Waals surface area contributed by atoms with Gasteiger partial charge in [0.05, 0.1) is 50.4 Å². The first kappa shape index (κ1) is 46.3. The Morgan fingerprint density at radius 3 is 1.09 bits per heavy atom. The molecule has 0 fully saturated rings. The minimum Gasteiger partial charge on any atom is -0.456 e. The Labute approximate surface area is 288 Å². The topological polar surface area (TPSA) is 71.1 Å². The maximum atomic E-state index is 12.0. The van der Waals surface area contributed by atoms with Gasteiger partial charge in [-0.2, -0.15) is 0 Å². The highest BCUT2D eigenvalue weighted by atomic mass is 16.5. The van der Waals surface area contributed by atoms with E-state index >= 15 is 0 Å². The lowest BCUT2D eigenvalue weighted by Crippen LogP contribution is -2.51. The van der Waals surface area contributed by atoms with Gasteiger partial charge in [-0.15, -0.1) is 0 Å². The molecule has 47 heavy (non-hydrogen) atoms. The van der Waals surface area contributed by atoms with E-state index in [1.807, 2.05) is 36.4 Å². The van der Waals surface area contributed by atoms with E-state index in [0.29, 0.717) is 24.3 Å². The number of benzene rings is 2. The fourth-order valence-electron chi connectivity index (χ4n) is 5.52. The van der Waals surface area contributed by atoms with Crippen molar-refractivity contribution in [1.29, 1.82) is 0 Å². The Bertz CT molecular complexity index is 981. The number of unbranched alkanes of at least 4 members (excludes halogenated alkanes) is 1. The Hall–Kier alpha value is -2.78. The molecular formula is C39H70N2O6+2. The van der Waals surface area contributed by atoms with Crippen molar-refractivity contribution >= 4 is 11.9 Å². The molecule has 8 nitrogen and oxygen atoms in total. The number of carbonyl (C=O) groups is 2.